The Hall–Kier alpha value is -1.67. The zero-order chi connectivity index (χ0) is 21.8. The molecule has 0 radical (unpaired) electrons. The fourth-order valence-electron chi connectivity index (χ4n) is 4.16. The summed E-state index contributed by atoms with van der Waals surface area (Å²) < 4.78 is 6.97. The van der Waals surface area contributed by atoms with Gasteiger partial charge in [0.15, 0.2) is 4.84 Å². The average Bonchev–Trinajstić information content (AvgIpc) is 2.73. The predicted octanol–water partition coefficient (Wildman–Crippen LogP) is 2.83. The summed E-state index contributed by atoms with van der Waals surface area (Å²) in [5.41, 5.74) is 0.638. The third kappa shape index (κ3) is 4.64. The van der Waals surface area contributed by atoms with E-state index in [2.05, 4.69) is 11.8 Å². The zero-order valence-electron chi connectivity index (χ0n) is 17.6. The molecular weight excluding hydrogens is 427 g/mol. The summed E-state index contributed by atoms with van der Waals surface area (Å²) in [6, 6.07) is 7.32. The minimum Gasteiger partial charge on any atom is -0.383 e. The number of fused-ring (bicyclic) bond motifs is 1. The van der Waals surface area contributed by atoms with Crippen molar-refractivity contribution >= 4 is 40.0 Å². The Balaban J connectivity index is 1.96. The van der Waals surface area contributed by atoms with Crippen molar-refractivity contribution in [1.82, 2.24) is 19.4 Å². The molecule has 2 aromatic rings. The van der Waals surface area contributed by atoms with Gasteiger partial charge in [-0.1, -0.05) is 42.3 Å². The van der Waals surface area contributed by atoms with E-state index in [-0.39, 0.29) is 23.6 Å². The fourth-order valence-corrected chi connectivity index (χ4v) is 4.41. The maximum absolute atomic E-state index is 13.2. The van der Waals surface area contributed by atoms with Crippen LogP contribution in [-0.2, 0) is 16.1 Å². The van der Waals surface area contributed by atoms with Crippen LogP contribution in [0.25, 0.3) is 10.9 Å². The zero-order valence-corrected chi connectivity index (χ0v) is 19.1. The molecule has 30 heavy (non-hydrogen) atoms. The highest BCUT2D eigenvalue weighted by molar-refractivity contribution is 6.53. The van der Waals surface area contributed by atoms with Crippen LogP contribution in [0, 0.1) is 0 Å². The summed E-state index contributed by atoms with van der Waals surface area (Å²) >= 11 is 11.6. The molecule has 1 saturated heterocycles. The summed E-state index contributed by atoms with van der Waals surface area (Å²) in [4.78, 5) is 33.3. The van der Waals surface area contributed by atoms with Gasteiger partial charge >= 0.3 is 0 Å². The fraction of sp³-hybridized carbons (Fsp3) is 0.571. The SMILES string of the molecule is CCC(c1nc2ccccc2c(=O)n1CCOC)N1CCN(C(=O)C(Cl)Cl)C(C)C1. The summed E-state index contributed by atoms with van der Waals surface area (Å²) in [6.07, 6.45) is 0.784. The molecule has 164 valence electrons. The summed E-state index contributed by atoms with van der Waals surface area (Å²) in [5, 5.41) is 0.603. The standard InChI is InChI=1S/C21H28Cl2N4O3/c1-4-17(25-9-10-26(14(2)13-25)21(29)18(22)23)19-24-16-8-6-5-7-15(16)20(28)27(19)11-12-30-3/h5-8,14,17-18H,4,9-13H2,1-3H3. The summed E-state index contributed by atoms with van der Waals surface area (Å²) in [5.74, 6) is 0.470. The van der Waals surface area contributed by atoms with Gasteiger partial charge in [0.1, 0.15) is 5.82 Å². The molecule has 1 aliphatic rings. The smallest absolute Gasteiger partial charge is 0.261 e. The Kier molecular flexibility index (Phi) is 7.74. The number of amides is 1. The molecule has 0 aliphatic carbocycles. The molecule has 0 N–H and O–H groups in total. The highest BCUT2D eigenvalue weighted by Gasteiger charge is 2.34. The Bertz CT molecular complexity index is 949. The van der Waals surface area contributed by atoms with Crippen molar-refractivity contribution in [2.75, 3.05) is 33.4 Å². The second kappa shape index (κ2) is 10.1. The molecule has 1 aromatic carbocycles. The molecule has 2 heterocycles. The lowest BCUT2D eigenvalue weighted by molar-refractivity contribution is -0.134. The highest BCUT2D eigenvalue weighted by Crippen LogP contribution is 2.27. The third-order valence-electron chi connectivity index (χ3n) is 5.66. The average molecular weight is 455 g/mol. The van der Waals surface area contributed by atoms with Crippen LogP contribution in [-0.4, -0.2) is 69.5 Å². The van der Waals surface area contributed by atoms with Gasteiger partial charge in [-0.05, 0) is 25.5 Å². The molecule has 2 unspecified atom stereocenters. The van der Waals surface area contributed by atoms with Crippen LogP contribution < -0.4 is 5.56 Å². The summed E-state index contributed by atoms with van der Waals surface area (Å²) in [6.45, 7) is 6.77. The minimum absolute atomic E-state index is 0.0418. The largest absolute Gasteiger partial charge is 0.383 e. The third-order valence-corrected chi connectivity index (χ3v) is 6.04. The molecule has 9 heteroatoms. The number of ether oxygens (including phenoxy) is 1. The Morgan fingerprint density at radius 3 is 2.67 bits per heavy atom. The van der Waals surface area contributed by atoms with Gasteiger partial charge in [-0.15, -0.1) is 0 Å². The minimum atomic E-state index is -1.05. The van der Waals surface area contributed by atoms with Crippen LogP contribution in [0.1, 0.15) is 32.1 Å². The van der Waals surface area contributed by atoms with Gasteiger partial charge in [-0.3, -0.25) is 19.1 Å². The van der Waals surface area contributed by atoms with Crippen molar-refractivity contribution in [3.63, 3.8) is 0 Å². The van der Waals surface area contributed by atoms with E-state index in [4.69, 9.17) is 32.9 Å². The maximum atomic E-state index is 13.2. The monoisotopic (exact) mass is 454 g/mol. The Labute approximate surface area is 186 Å². The van der Waals surface area contributed by atoms with Crippen molar-refractivity contribution < 1.29 is 9.53 Å². The molecule has 1 aromatic heterocycles. The Morgan fingerprint density at radius 2 is 2.03 bits per heavy atom. The van der Waals surface area contributed by atoms with Gasteiger partial charge in [0.2, 0.25) is 0 Å². The van der Waals surface area contributed by atoms with Gasteiger partial charge < -0.3 is 9.64 Å². The first kappa shape index (κ1) is 23.0. The van der Waals surface area contributed by atoms with E-state index in [0.717, 1.165) is 12.2 Å². The number of methoxy groups -OCH3 is 1. The molecule has 1 amide bonds. The second-order valence-electron chi connectivity index (χ2n) is 7.54. The number of nitrogens with zero attached hydrogens (tertiary/aromatic N) is 4. The first-order chi connectivity index (χ1) is 14.4. The number of alkyl halides is 2. The number of carbonyl (C=O) groups excluding carboxylic acids is 1. The molecule has 0 spiro atoms. The lowest BCUT2D eigenvalue weighted by Gasteiger charge is -2.43. The number of benzene rings is 1. The van der Waals surface area contributed by atoms with Crippen molar-refractivity contribution in [3.8, 4) is 0 Å². The van der Waals surface area contributed by atoms with E-state index in [1.54, 1.807) is 22.6 Å². The van der Waals surface area contributed by atoms with Crippen LogP contribution in [0.3, 0.4) is 0 Å². The van der Waals surface area contributed by atoms with Crippen LogP contribution >= 0.6 is 23.2 Å². The second-order valence-corrected chi connectivity index (χ2v) is 8.63. The Morgan fingerprint density at radius 1 is 1.30 bits per heavy atom. The van der Waals surface area contributed by atoms with E-state index in [1.807, 2.05) is 25.1 Å². The number of halogens is 2. The summed E-state index contributed by atoms with van der Waals surface area (Å²) in [7, 11) is 1.62. The maximum Gasteiger partial charge on any atom is 0.261 e. The molecule has 0 saturated carbocycles. The number of carbonyl (C=O) groups is 1. The van der Waals surface area contributed by atoms with Gasteiger partial charge in [-0.25, -0.2) is 4.98 Å². The lowest BCUT2D eigenvalue weighted by atomic mass is 10.1. The van der Waals surface area contributed by atoms with Crippen LogP contribution in [0.2, 0.25) is 0 Å². The van der Waals surface area contributed by atoms with E-state index >= 15 is 0 Å². The van der Waals surface area contributed by atoms with Crippen LogP contribution in [0.15, 0.2) is 29.1 Å². The topological polar surface area (TPSA) is 67.7 Å². The first-order valence-electron chi connectivity index (χ1n) is 10.2. The molecule has 1 fully saturated rings. The first-order valence-corrected chi connectivity index (χ1v) is 11.1. The van der Waals surface area contributed by atoms with Crippen molar-refractivity contribution in [3.05, 3.63) is 40.4 Å². The normalized spacial score (nSPS) is 18.9. The van der Waals surface area contributed by atoms with Gasteiger partial charge in [-0.2, -0.15) is 0 Å². The molecule has 2 atom stereocenters. The van der Waals surface area contributed by atoms with Gasteiger partial charge in [0.25, 0.3) is 11.5 Å². The number of hydrogen-bond acceptors (Lipinski definition) is 5. The van der Waals surface area contributed by atoms with E-state index in [1.165, 1.54) is 0 Å². The van der Waals surface area contributed by atoms with Crippen molar-refractivity contribution in [2.45, 2.75) is 43.7 Å². The molecule has 0 bridgehead atoms. The highest BCUT2D eigenvalue weighted by atomic mass is 35.5. The lowest BCUT2D eigenvalue weighted by Crippen LogP contribution is -2.56. The molecule has 7 nitrogen and oxygen atoms in total. The predicted molar refractivity (Wildman–Crippen MR) is 119 cm³/mol. The van der Waals surface area contributed by atoms with Gasteiger partial charge in [0, 0.05) is 32.8 Å². The van der Waals surface area contributed by atoms with E-state index in [9.17, 15) is 9.59 Å². The van der Waals surface area contributed by atoms with Gasteiger partial charge in [0.05, 0.1) is 30.1 Å². The van der Waals surface area contributed by atoms with E-state index < -0.39 is 4.84 Å². The quantitative estimate of drug-likeness (QED) is 0.601. The van der Waals surface area contributed by atoms with Crippen molar-refractivity contribution in [2.24, 2.45) is 0 Å². The van der Waals surface area contributed by atoms with Crippen LogP contribution in [0.5, 0.6) is 0 Å². The number of para-hydroxylation sites is 1. The molecular formula is C21H28Cl2N4O3. The number of piperazine rings is 1. The molecule has 1 aliphatic heterocycles. The number of aromatic nitrogens is 2. The molecule has 3 rings (SSSR count). The number of hydrogen-bond donors (Lipinski definition) is 0. The number of rotatable bonds is 7. The van der Waals surface area contributed by atoms with E-state index in [0.29, 0.717) is 43.7 Å². The van der Waals surface area contributed by atoms with Crippen LogP contribution in [0.4, 0.5) is 0 Å². The van der Waals surface area contributed by atoms with Crippen molar-refractivity contribution in [1.29, 1.82) is 0 Å².